The fourth-order valence-electron chi connectivity index (χ4n) is 3.59. The summed E-state index contributed by atoms with van der Waals surface area (Å²) in [6.45, 7) is 5.67. The Morgan fingerprint density at radius 1 is 1.23 bits per heavy atom. The van der Waals surface area contributed by atoms with Crippen molar-refractivity contribution in [3.05, 3.63) is 41.1 Å². The maximum absolute atomic E-state index is 12.7. The highest BCUT2D eigenvalue weighted by Crippen LogP contribution is 2.24. The summed E-state index contributed by atoms with van der Waals surface area (Å²) >= 11 is 6.01. The molecule has 2 saturated heterocycles. The number of aromatic nitrogens is 1. The lowest BCUT2D eigenvalue weighted by Gasteiger charge is -2.32. The second-order valence-corrected chi connectivity index (χ2v) is 7.00. The van der Waals surface area contributed by atoms with Crippen LogP contribution in [0.4, 0.5) is 0 Å². The molecule has 140 valence electrons. The lowest BCUT2D eigenvalue weighted by atomic mass is 10.1. The molecule has 1 atom stereocenters. The van der Waals surface area contributed by atoms with E-state index in [4.69, 9.17) is 16.1 Å². The average molecular weight is 397 g/mol. The van der Waals surface area contributed by atoms with E-state index in [1.165, 1.54) is 0 Å². The molecule has 2 aliphatic heterocycles. The number of nitrogens with zero attached hydrogens (tertiary/aromatic N) is 3. The highest BCUT2D eigenvalue weighted by Gasteiger charge is 2.32. The van der Waals surface area contributed by atoms with Gasteiger partial charge in [-0.1, -0.05) is 28.9 Å². The van der Waals surface area contributed by atoms with Crippen LogP contribution in [0.1, 0.15) is 17.0 Å². The maximum atomic E-state index is 12.7. The molecule has 1 aromatic carbocycles. The SMILES string of the molecule is Cl.O=C(c1cc(-c2cccc(Cl)c2)no1)N1CCC(N2CCNCC2)C1. The number of carbonyl (C=O) groups is 1. The van der Waals surface area contributed by atoms with Crippen LogP contribution in [0.2, 0.25) is 5.02 Å². The van der Waals surface area contributed by atoms with Gasteiger partial charge >= 0.3 is 0 Å². The van der Waals surface area contributed by atoms with Gasteiger partial charge in [-0.25, -0.2) is 0 Å². The number of rotatable bonds is 3. The van der Waals surface area contributed by atoms with Crippen molar-refractivity contribution in [2.75, 3.05) is 39.3 Å². The monoisotopic (exact) mass is 396 g/mol. The zero-order valence-corrected chi connectivity index (χ0v) is 15.9. The summed E-state index contributed by atoms with van der Waals surface area (Å²) in [4.78, 5) is 17.1. The van der Waals surface area contributed by atoms with Gasteiger partial charge in [-0.3, -0.25) is 9.69 Å². The molecule has 2 aliphatic rings. The summed E-state index contributed by atoms with van der Waals surface area (Å²) in [5, 5.41) is 8.03. The predicted octanol–water partition coefficient (Wildman–Crippen LogP) is 2.54. The smallest absolute Gasteiger partial charge is 0.292 e. The number of likely N-dealkylation sites (tertiary alicyclic amines) is 1. The van der Waals surface area contributed by atoms with Gasteiger partial charge in [0.25, 0.3) is 5.91 Å². The average Bonchev–Trinajstić information content (AvgIpc) is 3.32. The van der Waals surface area contributed by atoms with Crippen molar-refractivity contribution < 1.29 is 9.32 Å². The van der Waals surface area contributed by atoms with Crippen molar-refractivity contribution in [3.63, 3.8) is 0 Å². The second kappa shape index (κ2) is 8.39. The molecule has 0 bridgehead atoms. The largest absolute Gasteiger partial charge is 0.350 e. The minimum atomic E-state index is -0.0848. The van der Waals surface area contributed by atoms with E-state index in [9.17, 15) is 4.79 Å². The van der Waals surface area contributed by atoms with Crippen molar-refractivity contribution in [1.29, 1.82) is 0 Å². The van der Waals surface area contributed by atoms with Gasteiger partial charge in [0.05, 0.1) is 0 Å². The lowest BCUT2D eigenvalue weighted by Crippen LogP contribution is -2.49. The van der Waals surface area contributed by atoms with Gasteiger partial charge in [-0.15, -0.1) is 12.4 Å². The summed E-state index contributed by atoms with van der Waals surface area (Å²) in [6, 6.07) is 9.51. The predicted molar refractivity (Wildman–Crippen MR) is 103 cm³/mol. The first-order valence-corrected chi connectivity index (χ1v) is 9.05. The first-order chi connectivity index (χ1) is 12.2. The van der Waals surface area contributed by atoms with Crippen molar-refractivity contribution in [2.24, 2.45) is 0 Å². The summed E-state index contributed by atoms with van der Waals surface area (Å²) < 4.78 is 5.31. The van der Waals surface area contributed by atoms with E-state index in [2.05, 4.69) is 15.4 Å². The molecule has 0 aliphatic carbocycles. The third-order valence-electron chi connectivity index (χ3n) is 4.96. The van der Waals surface area contributed by atoms with E-state index in [0.717, 1.165) is 51.3 Å². The summed E-state index contributed by atoms with van der Waals surface area (Å²) in [5.41, 5.74) is 1.47. The van der Waals surface area contributed by atoms with Gasteiger partial charge in [0.2, 0.25) is 5.76 Å². The summed E-state index contributed by atoms with van der Waals surface area (Å²) in [6.07, 6.45) is 1.01. The number of halogens is 2. The van der Waals surface area contributed by atoms with Crippen LogP contribution in [0, 0.1) is 0 Å². The quantitative estimate of drug-likeness (QED) is 0.863. The minimum Gasteiger partial charge on any atom is -0.350 e. The van der Waals surface area contributed by atoms with Crippen molar-refractivity contribution in [2.45, 2.75) is 12.5 Å². The third-order valence-corrected chi connectivity index (χ3v) is 5.19. The Bertz CT molecular complexity index is 761. The Morgan fingerprint density at radius 2 is 2.04 bits per heavy atom. The van der Waals surface area contributed by atoms with Crippen LogP contribution in [-0.4, -0.2) is 66.2 Å². The van der Waals surface area contributed by atoms with Gasteiger partial charge < -0.3 is 14.7 Å². The number of hydrogen-bond donors (Lipinski definition) is 1. The Morgan fingerprint density at radius 3 is 2.81 bits per heavy atom. The molecule has 1 amide bonds. The zero-order valence-electron chi connectivity index (χ0n) is 14.4. The Labute approximate surface area is 163 Å². The van der Waals surface area contributed by atoms with E-state index in [0.29, 0.717) is 16.8 Å². The lowest BCUT2D eigenvalue weighted by molar-refractivity contribution is 0.0732. The molecular formula is C18H22Cl2N4O2. The second-order valence-electron chi connectivity index (χ2n) is 6.57. The van der Waals surface area contributed by atoms with Crippen LogP contribution in [0.5, 0.6) is 0 Å². The highest BCUT2D eigenvalue weighted by molar-refractivity contribution is 6.30. The van der Waals surface area contributed by atoms with Gasteiger partial charge in [0.15, 0.2) is 0 Å². The topological polar surface area (TPSA) is 61.6 Å². The molecule has 0 saturated carbocycles. The van der Waals surface area contributed by atoms with Crippen LogP contribution in [-0.2, 0) is 0 Å². The van der Waals surface area contributed by atoms with Crippen LogP contribution >= 0.6 is 24.0 Å². The minimum absolute atomic E-state index is 0. The van der Waals surface area contributed by atoms with E-state index in [-0.39, 0.29) is 24.1 Å². The van der Waals surface area contributed by atoms with Gasteiger partial charge in [0.1, 0.15) is 5.69 Å². The van der Waals surface area contributed by atoms with E-state index in [1.54, 1.807) is 12.1 Å². The summed E-state index contributed by atoms with van der Waals surface area (Å²) in [7, 11) is 0. The fraction of sp³-hybridized carbons (Fsp3) is 0.444. The molecule has 2 fully saturated rings. The van der Waals surface area contributed by atoms with E-state index < -0.39 is 0 Å². The Balaban J connectivity index is 0.00000196. The molecule has 8 heteroatoms. The van der Waals surface area contributed by atoms with E-state index >= 15 is 0 Å². The molecule has 3 heterocycles. The van der Waals surface area contributed by atoms with Crippen molar-refractivity contribution >= 4 is 29.9 Å². The number of carbonyl (C=O) groups excluding carboxylic acids is 1. The number of amides is 1. The third kappa shape index (κ3) is 4.04. The summed E-state index contributed by atoms with van der Waals surface area (Å²) in [5.74, 6) is 0.203. The highest BCUT2D eigenvalue weighted by atomic mass is 35.5. The number of benzene rings is 1. The molecule has 26 heavy (non-hydrogen) atoms. The molecule has 0 spiro atoms. The molecule has 4 rings (SSSR count). The number of piperazine rings is 1. The molecular weight excluding hydrogens is 375 g/mol. The molecule has 0 radical (unpaired) electrons. The van der Waals surface area contributed by atoms with Gasteiger partial charge in [-0.05, 0) is 18.6 Å². The molecule has 6 nitrogen and oxygen atoms in total. The first kappa shape index (κ1) is 19.2. The van der Waals surface area contributed by atoms with E-state index in [1.807, 2.05) is 23.1 Å². The van der Waals surface area contributed by atoms with Crippen LogP contribution < -0.4 is 5.32 Å². The van der Waals surface area contributed by atoms with Crippen LogP contribution in [0.3, 0.4) is 0 Å². The van der Waals surface area contributed by atoms with Crippen LogP contribution in [0.15, 0.2) is 34.9 Å². The first-order valence-electron chi connectivity index (χ1n) is 8.67. The molecule has 1 N–H and O–H groups in total. The molecule has 1 aromatic heterocycles. The fourth-order valence-corrected chi connectivity index (χ4v) is 3.78. The number of hydrogen-bond acceptors (Lipinski definition) is 5. The zero-order chi connectivity index (χ0) is 17.2. The molecule has 1 unspecified atom stereocenters. The normalized spacial score (nSPS) is 20.8. The standard InChI is InChI=1S/C18H21ClN4O2.ClH/c19-14-3-1-2-13(10-14)16-11-17(25-21-16)18(24)23-7-4-15(12-23)22-8-5-20-6-9-22;/h1-3,10-11,15,20H,4-9,12H2;1H. The molecule has 2 aromatic rings. The van der Waals surface area contributed by atoms with Crippen LogP contribution in [0.25, 0.3) is 11.3 Å². The van der Waals surface area contributed by atoms with Crippen molar-refractivity contribution in [3.8, 4) is 11.3 Å². The Hall–Kier alpha value is -1.60. The van der Waals surface area contributed by atoms with Gasteiger partial charge in [-0.2, -0.15) is 0 Å². The number of nitrogens with one attached hydrogen (secondary N) is 1. The Kier molecular flexibility index (Phi) is 6.19. The maximum Gasteiger partial charge on any atom is 0.292 e. The van der Waals surface area contributed by atoms with Gasteiger partial charge in [0, 0.05) is 62.0 Å². The van der Waals surface area contributed by atoms with Crippen molar-refractivity contribution in [1.82, 2.24) is 20.3 Å².